The molecule has 0 aliphatic carbocycles. The van der Waals surface area contributed by atoms with Gasteiger partial charge in [0.2, 0.25) is 0 Å². The topological polar surface area (TPSA) is 41.9 Å². The Bertz CT molecular complexity index is 501. The number of morpholine rings is 1. The van der Waals surface area contributed by atoms with Crippen LogP contribution in [0.15, 0.2) is 30.3 Å². The molecule has 1 aliphatic heterocycles. The van der Waals surface area contributed by atoms with Crippen molar-refractivity contribution in [3.05, 3.63) is 35.9 Å². The van der Waals surface area contributed by atoms with Gasteiger partial charge in [0, 0.05) is 19.6 Å². The van der Waals surface area contributed by atoms with Crippen LogP contribution < -0.4 is 0 Å². The SMILES string of the molecule is CC(C)(C)[Si](C)(C)OC[C@@H]1CN(Cc2ccccc2)C[C@@H](CO)O1. The summed E-state index contributed by atoms with van der Waals surface area (Å²) in [7, 11) is -1.78. The van der Waals surface area contributed by atoms with Gasteiger partial charge in [-0.3, -0.25) is 4.90 Å². The highest BCUT2D eigenvalue weighted by Gasteiger charge is 2.38. The van der Waals surface area contributed by atoms with E-state index in [-0.39, 0.29) is 23.9 Å². The molecule has 1 heterocycles. The molecule has 1 aromatic rings. The third kappa shape index (κ3) is 5.39. The Morgan fingerprint density at radius 2 is 1.79 bits per heavy atom. The molecule has 2 rings (SSSR count). The second kappa shape index (κ2) is 8.10. The van der Waals surface area contributed by atoms with Gasteiger partial charge in [0.25, 0.3) is 0 Å². The van der Waals surface area contributed by atoms with Gasteiger partial charge in [-0.1, -0.05) is 51.1 Å². The zero-order valence-corrected chi connectivity index (χ0v) is 16.8. The predicted octanol–water partition coefficient (Wildman–Crippen LogP) is 3.27. The van der Waals surface area contributed by atoms with Gasteiger partial charge in [-0.2, -0.15) is 0 Å². The van der Waals surface area contributed by atoms with Crippen molar-refractivity contribution in [2.75, 3.05) is 26.3 Å². The van der Waals surface area contributed by atoms with Gasteiger partial charge < -0.3 is 14.3 Å². The molecule has 1 aliphatic rings. The van der Waals surface area contributed by atoms with Crippen LogP contribution >= 0.6 is 0 Å². The van der Waals surface area contributed by atoms with Crippen LogP contribution in [0.25, 0.3) is 0 Å². The fourth-order valence-electron chi connectivity index (χ4n) is 2.69. The van der Waals surface area contributed by atoms with Gasteiger partial charge in [0.05, 0.1) is 25.4 Å². The summed E-state index contributed by atoms with van der Waals surface area (Å²) in [4.78, 5) is 2.36. The lowest BCUT2D eigenvalue weighted by Gasteiger charge is -2.41. The highest BCUT2D eigenvalue weighted by molar-refractivity contribution is 6.74. The Hall–Kier alpha value is -0.723. The Morgan fingerprint density at radius 3 is 2.38 bits per heavy atom. The highest BCUT2D eigenvalue weighted by atomic mass is 28.4. The summed E-state index contributed by atoms with van der Waals surface area (Å²) >= 11 is 0. The van der Waals surface area contributed by atoms with E-state index >= 15 is 0 Å². The Morgan fingerprint density at radius 1 is 1.17 bits per heavy atom. The standard InChI is InChI=1S/C19H33NO3Si/c1-19(2,3)24(4,5)22-15-18-13-20(12-17(14-21)23-18)11-16-9-7-6-8-10-16/h6-10,17-18,21H,11-15H2,1-5H3/t17-,18-/m0/s1. The first kappa shape index (κ1) is 19.6. The molecule has 2 atom stereocenters. The van der Waals surface area contributed by atoms with Gasteiger partial charge >= 0.3 is 0 Å². The van der Waals surface area contributed by atoms with E-state index in [1.165, 1.54) is 5.56 Å². The summed E-state index contributed by atoms with van der Waals surface area (Å²) in [6.07, 6.45) is -0.107. The zero-order chi connectivity index (χ0) is 17.8. The smallest absolute Gasteiger partial charge is 0.192 e. The van der Waals surface area contributed by atoms with Gasteiger partial charge in [0.15, 0.2) is 8.32 Å². The molecule has 0 bridgehead atoms. The fourth-order valence-corrected chi connectivity index (χ4v) is 3.73. The minimum Gasteiger partial charge on any atom is -0.414 e. The quantitative estimate of drug-likeness (QED) is 0.799. The molecule has 24 heavy (non-hydrogen) atoms. The van der Waals surface area contributed by atoms with Crippen molar-refractivity contribution < 1.29 is 14.3 Å². The predicted molar refractivity (Wildman–Crippen MR) is 101 cm³/mol. The van der Waals surface area contributed by atoms with E-state index in [1.807, 2.05) is 6.07 Å². The van der Waals surface area contributed by atoms with E-state index in [2.05, 4.69) is 63.0 Å². The Balaban J connectivity index is 1.95. The van der Waals surface area contributed by atoms with Crippen LogP contribution in [0.4, 0.5) is 0 Å². The maximum Gasteiger partial charge on any atom is 0.192 e. The molecule has 0 unspecified atom stereocenters. The van der Waals surface area contributed by atoms with E-state index in [4.69, 9.17) is 9.16 Å². The average Bonchev–Trinajstić information content (AvgIpc) is 2.52. The van der Waals surface area contributed by atoms with Crippen molar-refractivity contribution in [2.24, 2.45) is 0 Å². The van der Waals surface area contributed by atoms with Gasteiger partial charge in [-0.05, 0) is 23.7 Å². The van der Waals surface area contributed by atoms with E-state index in [0.29, 0.717) is 6.61 Å². The second-order valence-corrected chi connectivity index (χ2v) is 13.1. The van der Waals surface area contributed by atoms with Gasteiger partial charge in [-0.15, -0.1) is 0 Å². The molecule has 136 valence electrons. The molecule has 5 heteroatoms. The average molecular weight is 352 g/mol. The summed E-state index contributed by atoms with van der Waals surface area (Å²) in [6, 6.07) is 10.5. The first-order chi connectivity index (χ1) is 11.2. The van der Waals surface area contributed by atoms with Crippen LogP contribution in [0.1, 0.15) is 26.3 Å². The Kier molecular flexibility index (Phi) is 6.62. The van der Waals surface area contributed by atoms with Crippen molar-refractivity contribution in [2.45, 2.75) is 57.7 Å². The molecule has 4 nitrogen and oxygen atoms in total. The zero-order valence-electron chi connectivity index (χ0n) is 15.8. The van der Waals surface area contributed by atoms with Crippen molar-refractivity contribution >= 4 is 8.32 Å². The molecular weight excluding hydrogens is 318 g/mol. The molecule has 1 fully saturated rings. The summed E-state index contributed by atoms with van der Waals surface area (Å²) in [5.41, 5.74) is 1.29. The maximum atomic E-state index is 9.57. The van der Waals surface area contributed by atoms with Crippen LogP contribution in [-0.4, -0.2) is 56.8 Å². The van der Waals surface area contributed by atoms with Crippen LogP contribution in [0.2, 0.25) is 18.1 Å². The normalized spacial score (nSPS) is 23.4. The number of ether oxygens (including phenoxy) is 1. The van der Waals surface area contributed by atoms with Crippen LogP contribution in [0.3, 0.4) is 0 Å². The molecular formula is C19H33NO3Si. The number of benzene rings is 1. The number of rotatable bonds is 6. The third-order valence-corrected chi connectivity index (χ3v) is 9.70. The van der Waals surface area contributed by atoms with Crippen molar-refractivity contribution in [3.63, 3.8) is 0 Å². The lowest BCUT2D eigenvalue weighted by atomic mass is 10.1. The monoisotopic (exact) mass is 351 g/mol. The van der Waals surface area contributed by atoms with E-state index in [9.17, 15) is 5.11 Å². The molecule has 0 spiro atoms. The minimum atomic E-state index is -1.78. The van der Waals surface area contributed by atoms with E-state index < -0.39 is 8.32 Å². The lowest BCUT2D eigenvalue weighted by Crippen LogP contribution is -2.52. The summed E-state index contributed by atoms with van der Waals surface area (Å²) in [5.74, 6) is 0. The summed E-state index contributed by atoms with van der Waals surface area (Å²) in [6.45, 7) is 14.4. The van der Waals surface area contributed by atoms with Crippen molar-refractivity contribution in [3.8, 4) is 0 Å². The summed E-state index contributed by atoms with van der Waals surface area (Å²) < 4.78 is 12.3. The molecule has 0 aromatic heterocycles. The number of aliphatic hydroxyl groups is 1. The number of nitrogens with zero attached hydrogens (tertiary/aromatic N) is 1. The van der Waals surface area contributed by atoms with Crippen LogP contribution in [0, 0.1) is 0 Å². The van der Waals surface area contributed by atoms with Gasteiger partial charge in [0.1, 0.15) is 0 Å². The molecule has 1 saturated heterocycles. The first-order valence-corrected chi connectivity index (χ1v) is 11.8. The molecule has 0 amide bonds. The Labute approximate surface area is 147 Å². The molecule has 0 radical (unpaired) electrons. The highest BCUT2D eigenvalue weighted by Crippen LogP contribution is 2.36. The molecule has 1 aromatic carbocycles. The lowest BCUT2D eigenvalue weighted by molar-refractivity contribution is -0.117. The largest absolute Gasteiger partial charge is 0.414 e. The third-order valence-electron chi connectivity index (χ3n) is 5.20. The summed E-state index contributed by atoms with van der Waals surface area (Å²) in [5, 5.41) is 9.76. The first-order valence-electron chi connectivity index (χ1n) is 8.88. The number of aliphatic hydroxyl groups excluding tert-OH is 1. The second-order valence-electron chi connectivity index (χ2n) is 8.31. The maximum absolute atomic E-state index is 9.57. The molecule has 1 N–H and O–H groups in total. The minimum absolute atomic E-state index is 0.0220. The molecule has 0 saturated carbocycles. The number of hydrogen-bond acceptors (Lipinski definition) is 4. The fraction of sp³-hybridized carbons (Fsp3) is 0.684. The van der Waals surface area contributed by atoms with Crippen molar-refractivity contribution in [1.29, 1.82) is 0 Å². The van der Waals surface area contributed by atoms with Crippen LogP contribution in [0.5, 0.6) is 0 Å². The van der Waals surface area contributed by atoms with Crippen molar-refractivity contribution in [1.82, 2.24) is 4.90 Å². The van der Waals surface area contributed by atoms with E-state index in [1.54, 1.807) is 0 Å². The van der Waals surface area contributed by atoms with Crippen LogP contribution in [-0.2, 0) is 15.7 Å². The van der Waals surface area contributed by atoms with Gasteiger partial charge in [-0.25, -0.2) is 0 Å². The van der Waals surface area contributed by atoms with E-state index in [0.717, 1.165) is 19.6 Å². The number of hydrogen-bond donors (Lipinski definition) is 1.